The minimum absolute atomic E-state index is 0.200. The van der Waals surface area contributed by atoms with E-state index in [0.29, 0.717) is 0 Å². The van der Waals surface area contributed by atoms with Gasteiger partial charge in [0.05, 0.1) is 5.69 Å². The maximum Gasteiger partial charge on any atom is 0.0780 e. The number of pyridine rings is 2. The van der Waals surface area contributed by atoms with Gasteiger partial charge in [0, 0.05) is 33.9 Å². The van der Waals surface area contributed by atoms with Crippen molar-refractivity contribution >= 4 is 21.5 Å². The van der Waals surface area contributed by atoms with Crippen LogP contribution in [0, 0.1) is 26.2 Å². The molecule has 2 aromatic carbocycles. The number of hydrogen-bond acceptors (Lipinski definition) is 2. The molecule has 2 nitrogen and oxygen atoms in total. The summed E-state index contributed by atoms with van der Waals surface area (Å²) in [7, 11) is 0. The molecule has 0 atom stereocenters. The molecule has 0 aliphatic rings. The quantitative estimate of drug-likeness (QED) is 0.357. The first-order valence-corrected chi connectivity index (χ1v) is 9.98. The van der Waals surface area contributed by atoms with Gasteiger partial charge < -0.3 is 0 Å². The summed E-state index contributed by atoms with van der Waals surface area (Å²) < 4.78 is 0. The molecule has 4 rings (SSSR count). The van der Waals surface area contributed by atoms with Crippen molar-refractivity contribution in [1.29, 1.82) is 0 Å². The molecule has 4 aromatic rings. The van der Waals surface area contributed by atoms with E-state index in [9.17, 15) is 0 Å². The molecule has 2 heterocycles. The van der Waals surface area contributed by atoms with Crippen LogP contribution in [0.25, 0.3) is 32.8 Å². The normalized spacial score (nSPS) is 12.1. The van der Waals surface area contributed by atoms with Crippen molar-refractivity contribution < 1.29 is 0 Å². The van der Waals surface area contributed by atoms with Gasteiger partial charge in [-0.05, 0) is 67.6 Å². The van der Waals surface area contributed by atoms with Crippen LogP contribution in [0.5, 0.6) is 0 Å². The van der Waals surface area contributed by atoms with Crippen LogP contribution in [0.4, 0.5) is 0 Å². The fraction of sp³-hybridized carbons (Fsp3) is 0.308. The Kier molecular flexibility index (Phi) is 4.45. The zero-order valence-corrected chi connectivity index (χ0v) is 17.7. The standard InChI is InChI=1S/C26H28N2/c1-16-11-17(2)13-19(12-16)25-22-8-7-21-23(20(22)9-10-27-25)14-18(3)28-24(21)15-26(4,5)6/h7-14H,15H2,1-6H3. The highest BCUT2D eigenvalue weighted by Crippen LogP contribution is 2.35. The number of benzene rings is 2. The third-order valence-electron chi connectivity index (χ3n) is 5.16. The van der Waals surface area contributed by atoms with E-state index < -0.39 is 0 Å². The summed E-state index contributed by atoms with van der Waals surface area (Å²) >= 11 is 0. The molecule has 0 aliphatic heterocycles. The molecule has 0 fully saturated rings. The number of fused-ring (bicyclic) bond motifs is 3. The Morgan fingerprint density at radius 1 is 0.750 bits per heavy atom. The first-order valence-electron chi connectivity index (χ1n) is 9.98. The third kappa shape index (κ3) is 3.52. The highest BCUT2D eigenvalue weighted by atomic mass is 14.7. The maximum atomic E-state index is 4.88. The molecular formula is C26H28N2. The van der Waals surface area contributed by atoms with Crippen molar-refractivity contribution in [3.05, 3.63) is 71.2 Å². The number of aromatic nitrogens is 2. The Morgan fingerprint density at radius 3 is 2.11 bits per heavy atom. The molecule has 142 valence electrons. The molecule has 0 saturated carbocycles. The topological polar surface area (TPSA) is 25.8 Å². The second-order valence-corrected chi connectivity index (χ2v) is 9.24. The van der Waals surface area contributed by atoms with Gasteiger partial charge in [0.25, 0.3) is 0 Å². The molecular weight excluding hydrogens is 340 g/mol. The van der Waals surface area contributed by atoms with E-state index in [0.717, 1.165) is 17.8 Å². The molecule has 0 spiro atoms. The summed E-state index contributed by atoms with van der Waals surface area (Å²) in [5, 5.41) is 4.98. The molecule has 0 N–H and O–H groups in total. The Morgan fingerprint density at radius 2 is 1.43 bits per heavy atom. The lowest BCUT2D eigenvalue weighted by Gasteiger charge is -2.20. The maximum absolute atomic E-state index is 4.88. The van der Waals surface area contributed by atoms with Crippen molar-refractivity contribution in [3.8, 4) is 11.3 Å². The molecule has 2 aromatic heterocycles. The van der Waals surface area contributed by atoms with Crippen molar-refractivity contribution in [2.75, 3.05) is 0 Å². The van der Waals surface area contributed by atoms with Gasteiger partial charge in [-0.25, -0.2) is 0 Å². The van der Waals surface area contributed by atoms with Crippen LogP contribution in [0.2, 0.25) is 0 Å². The van der Waals surface area contributed by atoms with E-state index in [2.05, 4.69) is 84.0 Å². The molecule has 0 radical (unpaired) electrons. The lowest BCUT2D eigenvalue weighted by molar-refractivity contribution is 0.408. The summed E-state index contributed by atoms with van der Waals surface area (Å²) in [6, 6.07) is 15.5. The minimum Gasteiger partial charge on any atom is -0.257 e. The minimum atomic E-state index is 0.200. The van der Waals surface area contributed by atoms with E-state index >= 15 is 0 Å². The van der Waals surface area contributed by atoms with E-state index in [4.69, 9.17) is 9.97 Å². The van der Waals surface area contributed by atoms with E-state index in [1.165, 1.54) is 43.9 Å². The SMILES string of the molecule is Cc1cc(C)cc(-c2nccc3c2ccc2c(CC(C)(C)C)nc(C)cc23)c1. The van der Waals surface area contributed by atoms with Gasteiger partial charge in [0.2, 0.25) is 0 Å². The van der Waals surface area contributed by atoms with Crippen molar-refractivity contribution in [2.24, 2.45) is 5.41 Å². The van der Waals surface area contributed by atoms with Gasteiger partial charge in [0.15, 0.2) is 0 Å². The Hall–Kier alpha value is -2.74. The van der Waals surface area contributed by atoms with Crippen LogP contribution in [-0.4, -0.2) is 9.97 Å². The van der Waals surface area contributed by atoms with Gasteiger partial charge in [-0.15, -0.1) is 0 Å². The predicted molar refractivity (Wildman–Crippen MR) is 120 cm³/mol. The Labute approximate surface area is 167 Å². The van der Waals surface area contributed by atoms with Crippen molar-refractivity contribution in [1.82, 2.24) is 9.97 Å². The second-order valence-electron chi connectivity index (χ2n) is 9.24. The van der Waals surface area contributed by atoms with Gasteiger partial charge >= 0.3 is 0 Å². The van der Waals surface area contributed by atoms with Crippen LogP contribution in [0.15, 0.2) is 48.7 Å². The van der Waals surface area contributed by atoms with Crippen LogP contribution in [0.3, 0.4) is 0 Å². The van der Waals surface area contributed by atoms with Crippen LogP contribution >= 0.6 is 0 Å². The Bertz CT molecular complexity index is 1180. The summed E-state index contributed by atoms with van der Waals surface area (Å²) in [6.07, 6.45) is 2.90. The summed E-state index contributed by atoms with van der Waals surface area (Å²) in [6.45, 7) is 13.2. The van der Waals surface area contributed by atoms with Gasteiger partial charge in [-0.2, -0.15) is 0 Å². The first-order chi connectivity index (χ1) is 13.2. The first kappa shape index (κ1) is 18.6. The van der Waals surface area contributed by atoms with Gasteiger partial charge in [-0.1, -0.05) is 50.1 Å². The van der Waals surface area contributed by atoms with Crippen molar-refractivity contribution in [3.63, 3.8) is 0 Å². The summed E-state index contributed by atoms with van der Waals surface area (Å²) in [5.41, 5.74) is 7.23. The largest absolute Gasteiger partial charge is 0.257 e. The average Bonchev–Trinajstić information content (AvgIpc) is 2.58. The molecule has 0 unspecified atom stereocenters. The van der Waals surface area contributed by atoms with Crippen molar-refractivity contribution in [2.45, 2.75) is 48.0 Å². The third-order valence-corrected chi connectivity index (χ3v) is 5.16. The number of hydrogen-bond donors (Lipinski definition) is 0. The summed E-state index contributed by atoms with van der Waals surface area (Å²) in [5.74, 6) is 0. The zero-order valence-electron chi connectivity index (χ0n) is 17.7. The van der Waals surface area contributed by atoms with Gasteiger partial charge in [0.1, 0.15) is 0 Å². The smallest absolute Gasteiger partial charge is 0.0780 e. The molecule has 28 heavy (non-hydrogen) atoms. The lowest BCUT2D eigenvalue weighted by atomic mass is 9.88. The fourth-order valence-electron chi connectivity index (χ4n) is 4.18. The predicted octanol–water partition coefficient (Wildman–Crippen LogP) is 6.96. The van der Waals surface area contributed by atoms with Crippen LogP contribution in [-0.2, 0) is 6.42 Å². The second kappa shape index (κ2) is 6.70. The molecule has 0 amide bonds. The molecule has 0 aliphatic carbocycles. The molecule has 2 heteroatoms. The van der Waals surface area contributed by atoms with E-state index in [1.807, 2.05) is 6.20 Å². The number of aryl methyl sites for hydroxylation is 3. The summed E-state index contributed by atoms with van der Waals surface area (Å²) in [4.78, 5) is 9.64. The monoisotopic (exact) mass is 368 g/mol. The zero-order chi connectivity index (χ0) is 20.1. The average molecular weight is 369 g/mol. The van der Waals surface area contributed by atoms with Crippen LogP contribution in [0.1, 0.15) is 43.3 Å². The molecule has 0 saturated heterocycles. The Balaban J connectivity index is 2.01. The van der Waals surface area contributed by atoms with E-state index in [-0.39, 0.29) is 5.41 Å². The van der Waals surface area contributed by atoms with E-state index in [1.54, 1.807) is 0 Å². The fourth-order valence-corrected chi connectivity index (χ4v) is 4.18. The molecule has 0 bridgehead atoms. The highest BCUT2D eigenvalue weighted by Gasteiger charge is 2.17. The number of rotatable bonds is 2. The number of nitrogens with zero attached hydrogens (tertiary/aromatic N) is 2. The van der Waals surface area contributed by atoms with Crippen LogP contribution < -0.4 is 0 Å². The van der Waals surface area contributed by atoms with Gasteiger partial charge in [-0.3, -0.25) is 9.97 Å². The highest BCUT2D eigenvalue weighted by molar-refractivity contribution is 6.11. The lowest BCUT2D eigenvalue weighted by Crippen LogP contribution is -2.11.